The molecule has 0 radical (unpaired) electrons. The summed E-state index contributed by atoms with van der Waals surface area (Å²) in [7, 11) is 0. The van der Waals surface area contributed by atoms with E-state index in [1.807, 2.05) is 6.07 Å². The van der Waals surface area contributed by atoms with Gasteiger partial charge in [0.05, 0.1) is 11.0 Å². The molecule has 1 unspecified atom stereocenters. The van der Waals surface area contributed by atoms with E-state index in [0.29, 0.717) is 22.5 Å². The lowest BCUT2D eigenvalue weighted by molar-refractivity contribution is 0.0933. The summed E-state index contributed by atoms with van der Waals surface area (Å²) in [6.07, 6.45) is 0.686. The van der Waals surface area contributed by atoms with Crippen molar-refractivity contribution in [1.82, 2.24) is 9.97 Å². The molecule has 3 heterocycles. The lowest BCUT2D eigenvalue weighted by Crippen LogP contribution is -2.28. The van der Waals surface area contributed by atoms with Gasteiger partial charge in [-0.05, 0) is 30.3 Å². The average Bonchev–Trinajstić information content (AvgIpc) is 2.79. The maximum absolute atomic E-state index is 12.5. The molecule has 0 bridgehead atoms. The van der Waals surface area contributed by atoms with Crippen LogP contribution >= 0.6 is 0 Å². The van der Waals surface area contributed by atoms with Gasteiger partial charge >= 0.3 is 0 Å². The molecule has 0 aliphatic carbocycles. The summed E-state index contributed by atoms with van der Waals surface area (Å²) in [5, 5.41) is 10.4. The molecule has 0 fully saturated rings. The number of aliphatic hydroxyl groups excluding tert-OH is 1. The van der Waals surface area contributed by atoms with Crippen molar-refractivity contribution >= 4 is 22.8 Å². The Labute approximate surface area is 120 Å². The Morgan fingerprint density at radius 1 is 1.00 bits per heavy atom. The Balaban J connectivity index is 1.84. The van der Waals surface area contributed by atoms with Crippen LogP contribution in [0.25, 0.3) is 11.0 Å². The molecule has 1 N–H and O–H groups in total. The number of aliphatic hydroxyl groups is 1. The van der Waals surface area contributed by atoms with Crippen LogP contribution in [0.3, 0.4) is 0 Å². The number of anilines is 1. The van der Waals surface area contributed by atoms with Crippen LogP contribution in [0, 0.1) is 0 Å². The smallest absolute Gasteiger partial charge is 0.262 e. The highest BCUT2D eigenvalue weighted by Crippen LogP contribution is 2.35. The van der Waals surface area contributed by atoms with E-state index >= 15 is 0 Å². The SMILES string of the molecule is O=C1c2ccccc2C(O)N1c1ccc2ncccc2n1. The number of hydrogen-bond donors (Lipinski definition) is 1. The largest absolute Gasteiger partial charge is 0.369 e. The number of aromatic nitrogens is 2. The van der Waals surface area contributed by atoms with Gasteiger partial charge in [0.25, 0.3) is 5.91 Å². The summed E-state index contributed by atoms with van der Waals surface area (Å²) in [5.41, 5.74) is 2.56. The van der Waals surface area contributed by atoms with E-state index in [-0.39, 0.29) is 5.91 Å². The van der Waals surface area contributed by atoms with E-state index in [2.05, 4.69) is 9.97 Å². The number of hydrogen-bond acceptors (Lipinski definition) is 4. The van der Waals surface area contributed by atoms with Crippen LogP contribution in [-0.2, 0) is 0 Å². The van der Waals surface area contributed by atoms with Gasteiger partial charge in [0.15, 0.2) is 6.23 Å². The number of pyridine rings is 2. The number of rotatable bonds is 1. The number of carbonyl (C=O) groups excluding carboxylic acids is 1. The molecule has 1 amide bonds. The van der Waals surface area contributed by atoms with Crippen molar-refractivity contribution in [2.45, 2.75) is 6.23 Å². The zero-order chi connectivity index (χ0) is 14.4. The van der Waals surface area contributed by atoms with Crippen molar-refractivity contribution in [3.05, 3.63) is 65.9 Å². The van der Waals surface area contributed by atoms with Gasteiger partial charge in [-0.25, -0.2) is 4.98 Å². The van der Waals surface area contributed by atoms with E-state index in [1.54, 1.807) is 48.7 Å². The summed E-state index contributed by atoms with van der Waals surface area (Å²) in [6.45, 7) is 0. The van der Waals surface area contributed by atoms with Crippen molar-refractivity contribution in [3.8, 4) is 0 Å². The standard InChI is InChI=1S/C16H11N3O2/c20-15-10-4-1-2-5-11(10)16(21)19(15)14-8-7-12-13(18-14)6-3-9-17-12/h1-9,15,20H. The molecular weight excluding hydrogens is 266 g/mol. The predicted molar refractivity (Wildman–Crippen MR) is 77.7 cm³/mol. The van der Waals surface area contributed by atoms with E-state index in [0.717, 1.165) is 5.52 Å². The third-order valence-electron chi connectivity index (χ3n) is 3.62. The number of amides is 1. The zero-order valence-electron chi connectivity index (χ0n) is 11.0. The first-order valence-corrected chi connectivity index (χ1v) is 6.58. The van der Waals surface area contributed by atoms with Gasteiger partial charge in [-0.3, -0.25) is 14.7 Å². The lowest BCUT2D eigenvalue weighted by Gasteiger charge is -2.19. The van der Waals surface area contributed by atoms with Gasteiger partial charge in [0.2, 0.25) is 0 Å². The predicted octanol–water partition coefficient (Wildman–Crippen LogP) is 2.28. The first-order valence-electron chi connectivity index (χ1n) is 6.58. The van der Waals surface area contributed by atoms with Crippen molar-refractivity contribution in [1.29, 1.82) is 0 Å². The molecule has 1 atom stereocenters. The third kappa shape index (κ3) is 1.71. The first kappa shape index (κ1) is 12.0. The maximum Gasteiger partial charge on any atom is 0.262 e. The Hall–Kier alpha value is -2.79. The number of benzene rings is 1. The van der Waals surface area contributed by atoms with Gasteiger partial charge in [-0.1, -0.05) is 18.2 Å². The second-order valence-corrected chi connectivity index (χ2v) is 4.85. The second-order valence-electron chi connectivity index (χ2n) is 4.85. The van der Waals surface area contributed by atoms with Crippen LogP contribution in [0.2, 0.25) is 0 Å². The van der Waals surface area contributed by atoms with Crippen LogP contribution in [0.15, 0.2) is 54.7 Å². The summed E-state index contributed by atoms with van der Waals surface area (Å²) >= 11 is 0. The normalized spacial score (nSPS) is 17.3. The minimum Gasteiger partial charge on any atom is -0.369 e. The minimum absolute atomic E-state index is 0.242. The van der Waals surface area contributed by atoms with Crippen LogP contribution in [-0.4, -0.2) is 21.0 Å². The molecule has 21 heavy (non-hydrogen) atoms. The van der Waals surface area contributed by atoms with Crippen molar-refractivity contribution in [3.63, 3.8) is 0 Å². The van der Waals surface area contributed by atoms with Gasteiger partial charge in [0, 0.05) is 17.3 Å². The van der Waals surface area contributed by atoms with Crippen LogP contribution in [0.1, 0.15) is 22.1 Å². The van der Waals surface area contributed by atoms with Gasteiger partial charge in [0.1, 0.15) is 5.82 Å². The topological polar surface area (TPSA) is 66.3 Å². The van der Waals surface area contributed by atoms with Crippen LogP contribution < -0.4 is 4.90 Å². The molecular formula is C16H11N3O2. The maximum atomic E-state index is 12.5. The van der Waals surface area contributed by atoms with E-state index in [1.165, 1.54) is 4.90 Å². The highest BCUT2D eigenvalue weighted by Gasteiger charge is 2.36. The summed E-state index contributed by atoms with van der Waals surface area (Å²) in [4.78, 5) is 22.4. The van der Waals surface area contributed by atoms with Crippen LogP contribution in [0.4, 0.5) is 5.82 Å². The molecule has 5 nitrogen and oxygen atoms in total. The van der Waals surface area contributed by atoms with Crippen molar-refractivity contribution < 1.29 is 9.90 Å². The highest BCUT2D eigenvalue weighted by atomic mass is 16.3. The molecule has 2 aromatic heterocycles. The number of carbonyl (C=O) groups is 1. The van der Waals surface area contributed by atoms with E-state index in [9.17, 15) is 9.90 Å². The Bertz CT molecular complexity index is 863. The zero-order valence-corrected chi connectivity index (χ0v) is 11.0. The molecule has 0 spiro atoms. The van der Waals surface area contributed by atoms with Gasteiger partial charge < -0.3 is 5.11 Å². The molecule has 102 valence electrons. The molecule has 0 saturated carbocycles. The average molecular weight is 277 g/mol. The molecule has 1 aromatic carbocycles. The highest BCUT2D eigenvalue weighted by molar-refractivity contribution is 6.10. The minimum atomic E-state index is -1.00. The van der Waals surface area contributed by atoms with Gasteiger partial charge in [-0.15, -0.1) is 0 Å². The first-order chi connectivity index (χ1) is 10.3. The molecule has 4 rings (SSSR count). The third-order valence-corrected chi connectivity index (χ3v) is 3.62. The monoisotopic (exact) mass is 277 g/mol. The molecule has 0 saturated heterocycles. The Kier molecular flexibility index (Phi) is 2.49. The Morgan fingerprint density at radius 3 is 2.71 bits per heavy atom. The lowest BCUT2D eigenvalue weighted by atomic mass is 10.1. The summed E-state index contributed by atoms with van der Waals surface area (Å²) in [5.74, 6) is 0.179. The quantitative estimate of drug-likeness (QED) is 0.741. The fraction of sp³-hybridized carbons (Fsp3) is 0.0625. The summed E-state index contributed by atoms with van der Waals surface area (Å²) < 4.78 is 0. The number of fused-ring (bicyclic) bond motifs is 2. The molecule has 1 aliphatic rings. The van der Waals surface area contributed by atoms with Crippen molar-refractivity contribution in [2.75, 3.05) is 4.90 Å². The van der Waals surface area contributed by atoms with Crippen molar-refractivity contribution in [2.24, 2.45) is 0 Å². The van der Waals surface area contributed by atoms with E-state index in [4.69, 9.17) is 0 Å². The fourth-order valence-corrected chi connectivity index (χ4v) is 2.61. The Morgan fingerprint density at radius 2 is 1.86 bits per heavy atom. The molecule has 3 aromatic rings. The van der Waals surface area contributed by atoms with E-state index < -0.39 is 6.23 Å². The molecule has 1 aliphatic heterocycles. The molecule has 5 heteroatoms. The summed E-state index contributed by atoms with van der Waals surface area (Å²) in [6, 6.07) is 14.1. The van der Waals surface area contributed by atoms with Crippen LogP contribution in [0.5, 0.6) is 0 Å². The second kappa shape index (κ2) is 4.36. The fourth-order valence-electron chi connectivity index (χ4n) is 2.61. The van der Waals surface area contributed by atoms with Gasteiger partial charge in [-0.2, -0.15) is 0 Å². The number of nitrogens with zero attached hydrogens (tertiary/aromatic N) is 3.